The molecule has 0 aliphatic rings. The van der Waals surface area contributed by atoms with Gasteiger partial charge in [0.15, 0.2) is 11.5 Å². The zero-order chi connectivity index (χ0) is 17.5. The van der Waals surface area contributed by atoms with Crippen molar-refractivity contribution < 1.29 is 24.5 Å². The fourth-order valence-corrected chi connectivity index (χ4v) is 2.18. The van der Waals surface area contributed by atoms with Crippen LogP contribution in [0.4, 0.5) is 0 Å². The summed E-state index contributed by atoms with van der Waals surface area (Å²) in [5.41, 5.74) is 1.32. The molecule has 0 fully saturated rings. The number of carboxylic acids is 1. The van der Waals surface area contributed by atoms with E-state index in [0.717, 1.165) is 6.42 Å². The molecule has 0 radical (unpaired) electrons. The fraction of sp³-hybridized carbons (Fsp3) is 0.211. The maximum Gasteiger partial charge on any atom is 0.336 e. The summed E-state index contributed by atoms with van der Waals surface area (Å²) in [4.78, 5) is 11.6. The number of aromatic hydroxyl groups is 1. The Kier molecular flexibility index (Phi) is 5.84. The maximum atomic E-state index is 11.6. The largest absolute Gasteiger partial charge is 0.508 e. The van der Waals surface area contributed by atoms with Gasteiger partial charge in [0.05, 0.1) is 19.3 Å². The van der Waals surface area contributed by atoms with E-state index in [1.165, 1.54) is 12.1 Å². The number of hydrogen-bond donors (Lipinski definition) is 2. The number of methoxy groups -OCH3 is 1. The first-order valence-corrected chi connectivity index (χ1v) is 7.60. The predicted molar refractivity (Wildman–Crippen MR) is 92.4 cm³/mol. The molecule has 2 N–H and O–H groups in total. The Labute approximate surface area is 140 Å². The minimum atomic E-state index is -1.05. The lowest BCUT2D eigenvalue weighted by atomic mass is 10.0. The van der Waals surface area contributed by atoms with Gasteiger partial charge in [-0.1, -0.05) is 25.1 Å². The third-order valence-electron chi connectivity index (χ3n) is 3.37. The van der Waals surface area contributed by atoms with Crippen molar-refractivity contribution in [2.75, 3.05) is 13.7 Å². The second kappa shape index (κ2) is 8.06. The summed E-state index contributed by atoms with van der Waals surface area (Å²) in [5.74, 6) is 0.210. The lowest BCUT2D eigenvalue weighted by Gasteiger charge is -2.11. The molecule has 0 amide bonds. The van der Waals surface area contributed by atoms with Gasteiger partial charge in [-0.15, -0.1) is 0 Å². The van der Waals surface area contributed by atoms with Gasteiger partial charge in [-0.3, -0.25) is 0 Å². The molecular weight excluding hydrogens is 308 g/mol. The summed E-state index contributed by atoms with van der Waals surface area (Å²) in [7, 11) is 1.56. The van der Waals surface area contributed by atoms with Gasteiger partial charge in [-0.05, 0) is 47.9 Å². The Bertz CT molecular complexity index is 732. The predicted octanol–water partition coefficient (Wildman–Crippen LogP) is 3.81. The molecule has 2 aromatic rings. The van der Waals surface area contributed by atoms with Gasteiger partial charge < -0.3 is 19.7 Å². The molecule has 0 unspecified atom stereocenters. The Morgan fingerprint density at radius 3 is 2.42 bits per heavy atom. The van der Waals surface area contributed by atoms with Gasteiger partial charge in [-0.2, -0.15) is 0 Å². The highest BCUT2D eigenvalue weighted by atomic mass is 16.5. The molecule has 0 heterocycles. The molecular formula is C19H20O5. The van der Waals surface area contributed by atoms with Crippen molar-refractivity contribution in [1.82, 2.24) is 0 Å². The fourth-order valence-electron chi connectivity index (χ4n) is 2.18. The second-order valence-electron chi connectivity index (χ2n) is 5.17. The molecule has 0 atom stereocenters. The number of aliphatic carboxylic acids is 1. The summed E-state index contributed by atoms with van der Waals surface area (Å²) in [6, 6.07) is 11.3. The summed E-state index contributed by atoms with van der Waals surface area (Å²) in [5, 5.41) is 18.8. The minimum absolute atomic E-state index is 0.0863. The van der Waals surface area contributed by atoms with E-state index in [-0.39, 0.29) is 11.3 Å². The van der Waals surface area contributed by atoms with Crippen LogP contribution in [0.15, 0.2) is 42.5 Å². The van der Waals surface area contributed by atoms with Crippen molar-refractivity contribution in [2.45, 2.75) is 13.3 Å². The van der Waals surface area contributed by atoms with Crippen LogP contribution in [-0.2, 0) is 4.79 Å². The van der Waals surface area contributed by atoms with Crippen LogP contribution in [0.1, 0.15) is 24.5 Å². The quantitative estimate of drug-likeness (QED) is 0.597. The summed E-state index contributed by atoms with van der Waals surface area (Å²) >= 11 is 0. The van der Waals surface area contributed by atoms with E-state index in [4.69, 9.17) is 9.47 Å². The molecule has 5 nitrogen and oxygen atoms in total. The number of carbonyl (C=O) groups is 1. The Hall–Kier alpha value is -2.95. The van der Waals surface area contributed by atoms with E-state index >= 15 is 0 Å². The number of benzene rings is 2. The molecule has 0 aliphatic carbocycles. The zero-order valence-electron chi connectivity index (χ0n) is 13.7. The first-order chi connectivity index (χ1) is 11.5. The second-order valence-corrected chi connectivity index (χ2v) is 5.17. The van der Waals surface area contributed by atoms with Crippen LogP contribution in [0.25, 0.3) is 11.6 Å². The summed E-state index contributed by atoms with van der Waals surface area (Å²) in [6.07, 6.45) is 2.42. The number of hydrogen-bond acceptors (Lipinski definition) is 4. The van der Waals surface area contributed by atoms with Gasteiger partial charge in [0.25, 0.3) is 0 Å². The van der Waals surface area contributed by atoms with Gasteiger partial charge in [0.2, 0.25) is 0 Å². The van der Waals surface area contributed by atoms with Crippen LogP contribution >= 0.6 is 0 Å². The van der Waals surface area contributed by atoms with Crippen LogP contribution in [0, 0.1) is 0 Å². The molecule has 0 aromatic heterocycles. The van der Waals surface area contributed by atoms with Crippen LogP contribution in [0.2, 0.25) is 0 Å². The molecule has 0 saturated heterocycles. The van der Waals surface area contributed by atoms with E-state index in [1.807, 2.05) is 6.92 Å². The van der Waals surface area contributed by atoms with E-state index in [9.17, 15) is 15.0 Å². The molecule has 0 saturated carbocycles. The van der Waals surface area contributed by atoms with E-state index in [0.29, 0.717) is 29.2 Å². The average Bonchev–Trinajstić information content (AvgIpc) is 2.58. The smallest absolute Gasteiger partial charge is 0.336 e. The number of phenolic OH excluding ortho intramolecular Hbond substituents is 1. The lowest BCUT2D eigenvalue weighted by molar-refractivity contribution is -0.130. The van der Waals surface area contributed by atoms with Crippen LogP contribution < -0.4 is 9.47 Å². The molecule has 0 spiro atoms. The van der Waals surface area contributed by atoms with Crippen molar-refractivity contribution in [3.8, 4) is 17.2 Å². The number of ether oxygens (including phenoxy) is 2. The van der Waals surface area contributed by atoms with E-state index < -0.39 is 5.97 Å². The number of phenols is 1. The Morgan fingerprint density at radius 1 is 1.12 bits per heavy atom. The van der Waals surface area contributed by atoms with E-state index in [1.54, 1.807) is 43.5 Å². The first kappa shape index (κ1) is 17.4. The van der Waals surface area contributed by atoms with Gasteiger partial charge in [0, 0.05) is 0 Å². The first-order valence-electron chi connectivity index (χ1n) is 7.60. The standard InChI is InChI=1S/C19H20O5/c1-3-10-24-18-12-13(4-9-17(18)23-2)11-16(19(21)22)14-5-7-15(20)8-6-14/h4-9,11-12,20H,3,10H2,1-2H3,(H,21,22)/b16-11-. The minimum Gasteiger partial charge on any atom is -0.508 e. The lowest BCUT2D eigenvalue weighted by Crippen LogP contribution is -2.00. The van der Waals surface area contributed by atoms with Gasteiger partial charge in [0.1, 0.15) is 5.75 Å². The summed E-state index contributed by atoms with van der Waals surface area (Å²) < 4.78 is 10.9. The van der Waals surface area contributed by atoms with Gasteiger partial charge >= 0.3 is 5.97 Å². The maximum absolute atomic E-state index is 11.6. The third kappa shape index (κ3) is 4.29. The molecule has 126 valence electrons. The monoisotopic (exact) mass is 328 g/mol. The normalized spacial score (nSPS) is 11.2. The van der Waals surface area contributed by atoms with E-state index in [2.05, 4.69) is 0 Å². The topological polar surface area (TPSA) is 76.0 Å². The van der Waals surface area contributed by atoms with Crippen molar-refractivity contribution >= 4 is 17.6 Å². The van der Waals surface area contributed by atoms with Crippen LogP contribution in [0.5, 0.6) is 17.2 Å². The molecule has 0 aliphatic heterocycles. The zero-order valence-corrected chi connectivity index (χ0v) is 13.7. The molecule has 2 rings (SSSR count). The molecule has 2 aromatic carbocycles. The van der Waals surface area contributed by atoms with Gasteiger partial charge in [-0.25, -0.2) is 4.79 Å². The van der Waals surface area contributed by atoms with Crippen LogP contribution in [0.3, 0.4) is 0 Å². The number of rotatable bonds is 7. The summed E-state index contributed by atoms with van der Waals surface area (Å²) in [6.45, 7) is 2.55. The third-order valence-corrected chi connectivity index (χ3v) is 3.37. The highest BCUT2D eigenvalue weighted by Crippen LogP contribution is 2.30. The SMILES string of the molecule is CCCOc1cc(/C=C(\C(=O)O)c2ccc(O)cc2)ccc1OC. The highest BCUT2D eigenvalue weighted by molar-refractivity contribution is 6.20. The Morgan fingerprint density at radius 2 is 1.83 bits per heavy atom. The average molecular weight is 328 g/mol. The van der Waals surface area contributed by atoms with Crippen molar-refractivity contribution in [3.05, 3.63) is 53.6 Å². The molecule has 24 heavy (non-hydrogen) atoms. The highest BCUT2D eigenvalue weighted by Gasteiger charge is 2.12. The Balaban J connectivity index is 2.41. The van der Waals surface area contributed by atoms with Crippen molar-refractivity contribution in [1.29, 1.82) is 0 Å². The van der Waals surface area contributed by atoms with Crippen molar-refractivity contribution in [3.63, 3.8) is 0 Å². The molecule has 0 bridgehead atoms. The molecule has 5 heteroatoms. The van der Waals surface area contributed by atoms with Crippen LogP contribution in [-0.4, -0.2) is 29.9 Å². The van der Waals surface area contributed by atoms with Crippen molar-refractivity contribution in [2.24, 2.45) is 0 Å². The number of carboxylic acid groups (broad SMARTS) is 1.